The normalized spacial score (nSPS) is 13.6. The van der Waals surface area contributed by atoms with Crippen LogP contribution in [0.1, 0.15) is 12.8 Å². The van der Waals surface area contributed by atoms with Crippen LogP contribution in [0.25, 0.3) is 0 Å². The third-order valence-electron chi connectivity index (χ3n) is 4.11. The Morgan fingerprint density at radius 1 is 1.12 bits per heavy atom. The summed E-state index contributed by atoms with van der Waals surface area (Å²) >= 11 is 6.36. The van der Waals surface area contributed by atoms with Gasteiger partial charge in [0, 0.05) is 18.8 Å². The molecule has 0 spiro atoms. The lowest BCUT2D eigenvalue weighted by molar-refractivity contribution is -0.118. The number of ether oxygens (including phenoxy) is 2. The van der Waals surface area contributed by atoms with E-state index in [4.69, 9.17) is 21.1 Å². The van der Waals surface area contributed by atoms with E-state index in [0.717, 1.165) is 24.5 Å². The topological polar surface area (TPSA) is 50.8 Å². The highest BCUT2D eigenvalue weighted by Gasteiger charge is 2.15. The van der Waals surface area contributed by atoms with Crippen molar-refractivity contribution >= 4 is 28.9 Å². The van der Waals surface area contributed by atoms with Crippen LogP contribution in [-0.4, -0.2) is 32.7 Å². The molecule has 6 heteroatoms. The van der Waals surface area contributed by atoms with Crippen LogP contribution in [0.2, 0.25) is 5.02 Å². The molecule has 0 atom stereocenters. The molecule has 1 fully saturated rings. The number of hydrogen-bond donors (Lipinski definition) is 1. The van der Waals surface area contributed by atoms with Gasteiger partial charge in [0.15, 0.2) is 6.61 Å². The van der Waals surface area contributed by atoms with Crippen molar-refractivity contribution in [2.75, 3.05) is 37.0 Å². The Balaban J connectivity index is 1.54. The zero-order chi connectivity index (χ0) is 17.6. The maximum absolute atomic E-state index is 12.0. The minimum Gasteiger partial charge on any atom is -0.497 e. The molecule has 1 saturated heterocycles. The van der Waals surface area contributed by atoms with Crippen molar-refractivity contribution in [2.45, 2.75) is 12.8 Å². The third kappa shape index (κ3) is 4.57. The number of methoxy groups -OCH3 is 1. The number of nitrogens with zero attached hydrogens (tertiary/aromatic N) is 1. The van der Waals surface area contributed by atoms with Gasteiger partial charge < -0.3 is 19.7 Å². The van der Waals surface area contributed by atoms with E-state index >= 15 is 0 Å². The van der Waals surface area contributed by atoms with E-state index in [-0.39, 0.29) is 12.5 Å². The van der Waals surface area contributed by atoms with Gasteiger partial charge in [0.05, 0.1) is 17.8 Å². The van der Waals surface area contributed by atoms with Crippen molar-refractivity contribution in [3.8, 4) is 11.5 Å². The number of carbonyl (C=O) groups excluding carboxylic acids is 1. The largest absolute Gasteiger partial charge is 0.497 e. The standard InChI is InChI=1S/C19H21ClN2O3/c1-24-15-5-7-16(8-6-15)25-13-19(23)21-14-4-9-18(17(20)12-14)22-10-2-3-11-22/h4-9,12H,2-3,10-11,13H2,1H3,(H,21,23). The molecule has 2 aromatic rings. The Morgan fingerprint density at radius 2 is 1.80 bits per heavy atom. The first-order chi connectivity index (χ1) is 12.2. The van der Waals surface area contributed by atoms with Crippen LogP contribution < -0.4 is 19.7 Å². The SMILES string of the molecule is COc1ccc(OCC(=O)Nc2ccc(N3CCCC3)c(Cl)c2)cc1. The number of halogens is 1. The second-order valence-corrected chi connectivity index (χ2v) is 6.28. The molecular weight excluding hydrogens is 340 g/mol. The first kappa shape index (κ1) is 17.4. The average Bonchev–Trinajstić information content (AvgIpc) is 3.15. The van der Waals surface area contributed by atoms with E-state index in [1.165, 1.54) is 12.8 Å². The van der Waals surface area contributed by atoms with Crippen LogP contribution in [-0.2, 0) is 4.79 Å². The molecule has 0 aliphatic carbocycles. The lowest BCUT2D eigenvalue weighted by Gasteiger charge is -2.19. The van der Waals surface area contributed by atoms with Gasteiger partial charge in [0.2, 0.25) is 0 Å². The molecule has 0 bridgehead atoms. The number of rotatable bonds is 6. The smallest absolute Gasteiger partial charge is 0.262 e. The summed E-state index contributed by atoms with van der Waals surface area (Å²) in [6.45, 7) is 1.99. The number of nitrogens with one attached hydrogen (secondary N) is 1. The van der Waals surface area contributed by atoms with Gasteiger partial charge >= 0.3 is 0 Å². The predicted octanol–water partition coefficient (Wildman–Crippen LogP) is 3.97. The molecular formula is C19H21ClN2O3. The lowest BCUT2D eigenvalue weighted by atomic mass is 10.2. The van der Waals surface area contributed by atoms with E-state index in [2.05, 4.69) is 10.2 Å². The minimum absolute atomic E-state index is 0.0716. The van der Waals surface area contributed by atoms with Crippen LogP contribution in [0.4, 0.5) is 11.4 Å². The molecule has 2 aromatic carbocycles. The molecule has 1 amide bonds. The Morgan fingerprint density at radius 3 is 2.44 bits per heavy atom. The highest BCUT2D eigenvalue weighted by Crippen LogP contribution is 2.31. The number of benzene rings is 2. The molecule has 1 heterocycles. The summed E-state index contributed by atoms with van der Waals surface area (Å²) in [7, 11) is 1.60. The molecule has 3 rings (SSSR count). The zero-order valence-corrected chi connectivity index (χ0v) is 14.9. The molecule has 0 radical (unpaired) electrons. The van der Waals surface area contributed by atoms with Gasteiger partial charge in [-0.25, -0.2) is 0 Å². The first-order valence-corrected chi connectivity index (χ1v) is 8.65. The Bertz CT molecular complexity index is 728. The second-order valence-electron chi connectivity index (χ2n) is 5.87. The van der Waals surface area contributed by atoms with E-state index in [0.29, 0.717) is 16.5 Å². The predicted molar refractivity (Wildman–Crippen MR) is 100 cm³/mol. The van der Waals surface area contributed by atoms with Crippen LogP contribution in [0, 0.1) is 0 Å². The summed E-state index contributed by atoms with van der Waals surface area (Å²) in [6, 6.07) is 12.7. The van der Waals surface area contributed by atoms with Crippen LogP contribution >= 0.6 is 11.6 Å². The highest BCUT2D eigenvalue weighted by atomic mass is 35.5. The monoisotopic (exact) mass is 360 g/mol. The molecule has 1 aliphatic rings. The summed E-state index contributed by atoms with van der Waals surface area (Å²) in [6.07, 6.45) is 2.38. The Kier molecular flexibility index (Phi) is 5.66. The van der Waals surface area contributed by atoms with E-state index in [1.807, 2.05) is 12.1 Å². The Labute approximate surface area is 152 Å². The average molecular weight is 361 g/mol. The molecule has 25 heavy (non-hydrogen) atoms. The molecule has 5 nitrogen and oxygen atoms in total. The van der Waals surface area contributed by atoms with Crippen LogP contribution in [0.5, 0.6) is 11.5 Å². The zero-order valence-electron chi connectivity index (χ0n) is 14.1. The fraction of sp³-hybridized carbons (Fsp3) is 0.316. The van der Waals surface area contributed by atoms with E-state index in [9.17, 15) is 4.79 Å². The summed E-state index contributed by atoms with van der Waals surface area (Å²) in [5.41, 5.74) is 1.68. The number of carbonyl (C=O) groups is 1. The maximum Gasteiger partial charge on any atom is 0.262 e. The first-order valence-electron chi connectivity index (χ1n) is 8.27. The van der Waals surface area contributed by atoms with Gasteiger partial charge in [0.1, 0.15) is 11.5 Å². The summed E-state index contributed by atoms with van der Waals surface area (Å²) < 4.78 is 10.5. The summed E-state index contributed by atoms with van der Waals surface area (Å²) in [4.78, 5) is 14.3. The van der Waals surface area contributed by atoms with Gasteiger partial charge in [-0.05, 0) is 55.3 Å². The Hall–Kier alpha value is -2.40. The number of hydrogen-bond acceptors (Lipinski definition) is 4. The molecule has 0 saturated carbocycles. The third-order valence-corrected chi connectivity index (χ3v) is 4.41. The highest BCUT2D eigenvalue weighted by molar-refractivity contribution is 6.33. The van der Waals surface area contributed by atoms with Crippen molar-refractivity contribution in [1.82, 2.24) is 0 Å². The van der Waals surface area contributed by atoms with Crippen molar-refractivity contribution in [1.29, 1.82) is 0 Å². The quantitative estimate of drug-likeness (QED) is 0.847. The van der Waals surface area contributed by atoms with Gasteiger partial charge in [-0.3, -0.25) is 4.79 Å². The molecule has 0 unspecified atom stereocenters. The number of anilines is 2. The van der Waals surface area contributed by atoms with Gasteiger partial charge in [-0.2, -0.15) is 0 Å². The minimum atomic E-state index is -0.235. The summed E-state index contributed by atoms with van der Waals surface area (Å²) in [5.74, 6) is 1.11. The fourth-order valence-electron chi connectivity index (χ4n) is 2.82. The summed E-state index contributed by atoms with van der Waals surface area (Å²) in [5, 5.41) is 3.45. The van der Waals surface area contributed by atoms with Crippen molar-refractivity contribution in [2.24, 2.45) is 0 Å². The number of amides is 1. The molecule has 1 N–H and O–H groups in total. The molecule has 0 aromatic heterocycles. The van der Waals surface area contributed by atoms with Gasteiger partial charge in [-0.15, -0.1) is 0 Å². The van der Waals surface area contributed by atoms with Gasteiger partial charge in [-0.1, -0.05) is 11.6 Å². The van der Waals surface area contributed by atoms with E-state index < -0.39 is 0 Å². The van der Waals surface area contributed by atoms with Crippen molar-refractivity contribution in [3.05, 3.63) is 47.5 Å². The fourth-order valence-corrected chi connectivity index (χ4v) is 3.12. The maximum atomic E-state index is 12.0. The second kappa shape index (κ2) is 8.12. The molecule has 132 valence electrons. The van der Waals surface area contributed by atoms with Gasteiger partial charge in [0.25, 0.3) is 5.91 Å². The lowest BCUT2D eigenvalue weighted by Crippen LogP contribution is -2.21. The molecule has 1 aliphatic heterocycles. The van der Waals surface area contributed by atoms with E-state index in [1.54, 1.807) is 37.4 Å². The van der Waals surface area contributed by atoms with Crippen molar-refractivity contribution < 1.29 is 14.3 Å². The van der Waals surface area contributed by atoms with Crippen molar-refractivity contribution in [3.63, 3.8) is 0 Å². The van der Waals surface area contributed by atoms with Crippen LogP contribution in [0.15, 0.2) is 42.5 Å². The van der Waals surface area contributed by atoms with Crippen LogP contribution in [0.3, 0.4) is 0 Å².